The summed E-state index contributed by atoms with van der Waals surface area (Å²) in [7, 11) is 0. The van der Waals surface area contributed by atoms with Gasteiger partial charge in [-0.3, -0.25) is 4.79 Å². The monoisotopic (exact) mass is 318 g/mol. The number of hydrogen-bond donors (Lipinski definition) is 1. The molecule has 1 atom stereocenters. The van der Waals surface area contributed by atoms with Gasteiger partial charge in [0.2, 0.25) is 0 Å². The second kappa shape index (κ2) is 5.89. The Balaban J connectivity index is 1.79. The van der Waals surface area contributed by atoms with E-state index in [0.29, 0.717) is 12.1 Å². The lowest BCUT2D eigenvalue weighted by atomic mass is 10.00. The molecule has 4 heteroatoms. The molecule has 0 aliphatic carbocycles. The number of carbonyl (C=O) groups is 1. The highest BCUT2D eigenvalue weighted by molar-refractivity contribution is 6.01. The predicted molar refractivity (Wildman–Crippen MR) is 92.6 cm³/mol. The Morgan fingerprint density at radius 3 is 2.62 bits per heavy atom. The van der Waals surface area contributed by atoms with E-state index in [1.54, 1.807) is 6.26 Å². The van der Waals surface area contributed by atoms with E-state index in [9.17, 15) is 4.79 Å². The summed E-state index contributed by atoms with van der Waals surface area (Å²) in [5, 5.41) is 3.51. The number of rotatable bonds is 3. The van der Waals surface area contributed by atoms with E-state index in [-0.39, 0.29) is 12.1 Å². The van der Waals surface area contributed by atoms with Crippen molar-refractivity contribution in [3.05, 3.63) is 89.4 Å². The molecule has 24 heavy (non-hydrogen) atoms. The molecule has 0 spiro atoms. The van der Waals surface area contributed by atoms with E-state index in [2.05, 4.69) is 24.4 Å². The van der Waals surface area contributed by atoms with Crippen molar-refractivity contribution in [2.45, 2.75) is 19.6 Å². The number of fused-ring (bicyclic) bond motifs is 1. The van der Waals surface area contributed by atoms with Gasteiger partial charge in [-0.25, -0.2) is 0 Å². The summed E-state index contributed by atoms with van der Waals surface area (Å²) in [5.74, 6) is 0.775. The second-order valence-electron chi connectivity index (χ2n) is 5.96. The van der Waals surface area contributed by atoms with E-state index in [4.69, 9.17) is 4.42 Å². The molecule has 2 heterocycles. The Labute approximate surface area is 140 Å². The van der Waals surface area contributed by atoms with Gasteiger partial charge in [-0.15, -0.1) is 0 Å². The minimum atomic E-state index is -0.223. The van der Waals surface area contributed by atoms with E-state index < -0.39 is 0 Å². The zero-order valence-electron chi connectivity index (χ0n) is 13.4. The van der Waals surface area contributed by atoms with E-state index in [1.165, 1.54) is 0 Å². The van der Waals surface area contributed by atoms with Gasteiger partial charge in [0.05, 0.1) is 18.4 Å². The number of carbonyl (C=O) groups excluding carboxylic acids is 1. The fourth-order valence-corrected chi connectivity index (χ4v) is 3.17. The van der Waals surface area contributed by atoms with Crippen LogP contribution in [-0.2, 0) is 6.54 Å². The second-order valence-corrected chi connectivity index (χ2v) is 5.96. The summed E-state index contributed by atoms with van der Waals surface area (Å²) in [4.78, 5) is 14.9. The Bertz CT molecular complexity index is 871. The van der Waals surface area contributed by atoms with Crippen molar-refractivity contribution in [2.24, 2.45) is 0 Å². The van der Waals surface area contributed by atoms with Crippen LogP contribution in [0.5, 0.6) is 0 Å². The zero-order chi connectivity index (χ0) is 16.5. The van der Waals surface area contributed by atoms with Crippen LogP contribution in [0.15, 0.2) is 71.3 Å². The maximum atomic E-state index is 13.1. The molecule has 0 fully saturated rings. The molecule has 0 saturated heterocycles. The molecule has 1 aromatic heterocycles. The summed E-state index contributed by atoms with van der Waals surface area (Å²) < 4.78 is 5.47. The Morgan fingerprint density at radius 1 is 1.04 bits per heavy atom. The first-order chi connectivity index (χ1) is 11.7. The molecule has 3 aromatic rings. The highest BCUT2D eigenvalue weighted by atomic mass is 16.3. The van der Waals surface area contributed by atoms with Gasteiger partial charge in [-0.1, -0.05) is 36.4 Å². The molecular formula is C20H18N2O2. The van der Waals surface area contributed by atoms with Gasteiger partial charge in [-0.05, 0) is 42.3 Å². The van der Waals surface area contributed by atoms with Crippen molar-refractivity contribution in [2.75, 3.05) is 5.32 Å². The molecule has 1 aliphatic rings. The quantitative estimate of drug-likeness (QED) is 0.780. The van der Waals surface area contributed by atoms with Crippen LogP contribution >= 0.6 is 0 Å². The molecule has 2 aromatic carbocycles. The topological polar surface area (TPSA) is 45.5 Å². The number of amides is 1. The number of benzene rings is 2. The van der Waals surface area contributed by atoms with Crippen LogP contribution in [0.2, 0.25) is 0 Å². The van der Waals surface area contributed by atoms with Gasteiger partial charge < -0.3 is 14.6 Å². The van der Waals surface area contributed by atoms with Crippen molar-refractivity contribution in [1.29, 1.82) is 0 Å². The number of hydrogen-bond acceptors (Lipinski definition) is 3. The molecule has 4 rings (SSSR count). The van der Waals surface area contributed by atoms with Crippen molar-refractivity contribution in [3.63, 3.8) is 0 Å². The van der Waals surface area contributed by atoms with Crippen molar-refractivity contribution < 1.29 is 9.21 Å². The maximum absolute atomic E-state index is 13.1. The molecule has 0 bridgehead atoms. The molecule has 1 N–H and O–H groups in total. The summed E-state index contributed by atoms with van der Waals surface area (Å²) in [5.41, 5.74) is 3.79. The SMILES string of the molecule is Cc1ccccc1[C@@H]1Nc2ccccc2C(=O)N1Cc1ccco1. The lowest BCUT2D eigenvalue weighted by molar-refractivity contribution is 0.0651. The van der Waals surface area contributed by atoms with Crippen molar-refractivity contribution in [3.8, 4) is 0 Å². The van der Waals surface area contributed by atoms with Crippen molar-refractivity contribution in [1.82, 2.24) is 4.90 Å². The summed E-state index contributed by atoms with van der Waals surface area (Å²) in [6.45, 7) is 2.49. The third-order valence-corrected chi connectivity index (χ3v) is 4.41. The van der Waals surface area contributed by atoms with Gasteiger partial charge in [0, 0.05) is 5.69 Å². The van der Waals surface area contributed by atoms with Gasteiger partial charge in [-0.2, -0.15) is 0 Å². The van der Waals surface area contributed by atoms with Crippen LogP contribution in [0.1, 0.15) is 33.4 Å². The summed E-state index contributed by atoms with van der Waals surface area (Å²) >= 11 is 0. The van der Waals surface area contributed by atoms with E-state index in [0.717, 1.165) is 22.6 Å². The fraction of sp³-hybridized carbons (Fsp3) is 0.150. The van der Waals surface area contributed by atoms with Crippen LogP contribution < -0.4 is 5.32 Å². The summed E-state index contributed by atoms with van der Waals surface area (Å²) in [6.07, 6.45) is 1.41. The maximum Gasteiger partial charge on any atom is 0.258 e. The minimum Gasteiger partial charge on any atom is -0.467 e. The highest BCUT2D eigenvalue weighted by Gasteiger charge is 2.33. The normalized spacial score (nSPS) is 16.6. The number of para-hydroxylation sites is 1. The number of nitrogens with zero attached hydrogens (tertiary/aromatic N) is 1. The Kier molecular flexibility index (Phi) is 3.58. The molecular weight excluding hydrogens is 300 g/mol. The first-order valence-electron chi connectivity index (χ1n) is 7.98. The molecule has 1 amide bonds. The Morgan fingerprint density at radius 2 is 1.83 bits per heavy atom. The van der Waals surface area contributed by atoms with Gasteiger partial charge in [0.15, 0.2) is 0 Å². The van der Waals surface area contributed by atoms with Crippen LogP contribution in [0.4, 0.5) is 5.69 Å². The van der Waals surface area contributed by atoms with Gasteiger partial charge in [0.1, 0.15) is 11.9 Å². The smallest absolute Gasteiger partial charge is 0.258 e. The largest absolute Gasteiger partial charge is 0.467 e. The first-order valence-corrected chi connectivity index (χ1v) is 7.98. The van der Waals surface area contributed by atoms with Crippen LogP contribution in [0.3, 0.4) is 0 Å². The number of aryl methyl sites for hydroxylation is 1. The van der Waals surface area contributed by atoms with E-state index in [1.807, 2.05) is 53.4 Å². The molecule has 1 aliphatic heterocycles. The zero-order valence-corrected chi connectivity index (χ0v) is 13.4. The van der Waals surface area contributed by atoms with Crippen molar-refractivity contribution >= 4 is 11.6 Å². The Hall–Kier alpha value is -3.01. The molecule has 4 nitrogen and oxygen atoms in total. The number of anilines is 1. The summed E-state index contributed by atoms with van der Waals surface area (Å²) in [6, 6.07) is 19.5. The molecule has 0 saturated carbocycles. The lowest BCUT2D eigenvalue weighted by Gasteiger charge is -2.38. The molecule has 0 radical (unpaired) electrons. The van der Waals surface area contributed by atoms with Gasteiger partial charge in [0.25, 0.3) is 5.91 Å². The molecule has 120 valence electrons. The molecule has 0 unspecified atom stereocenters. The first kappa shape index (κ1) is 14.6. The predicted octanol–water partition coefficient (Wildman–Crippen LogP) is 4.35. The third kappa shape index (κ3) is 2.46. The van der Waals surface area contributed by atoms with E-state index >= 15 is 0 Å². The lowest BCUT2D eigenvalue weighted by Crippen LogP contribution is -2.42. The third-order valence-electron chi connectivity index (χ3n) is 4.41. The average Bonchev–Trinajstić information content (AvgIpc) is 3.11. The average molecular weight is 318 g/mol. The standard InChI is InChI=1S/C20H18N2O2/c1-14-7-2-3-9-16(14)19-21-18-11-5-4-10-17(18)20(23)22(19)13-15-8-6-12-24-15/h2-12,19,21H,13H2,1H3/t19-/m1/s1. The van der Waals surface area contributed by atoms with Gasteiger partial charge >= 0.3 is 0 Å². The minimum absolute atomic E-state index is 0.00834. The van der Waals surface area contributed by atoms with Crippen LogP contribution in [0.25, 0.3) is 0 Å². The van der Waals surface area contributed by atoms with Crippen LogP contribution in [0, 0.1) is 6.92 Å². The van der Waals surface area contributed by atoms with Crippen LogP contribution in [-0.4, -0.2) is 10.8 Å². The fourth-order valence-electron chi connectivity index (χ4n) is 3.17. The number of nitrogens with one attached hydrogen (secondary N) is 1. The highest BCUT2D eigenvalue weighted by Crippen LogP contribution is 2.35. The number of furan rings is 1.